The SMILES string of the molecule is CC(C)C(C)(C)OC(N)=O. The van der Waals surface area contributed by atoms with E-state index in [0.29, 0.717) is 0 Å². The summed E-state index contributed by atoms with van der Waals surface area (Å²) in [4.78, 5) is 10.3. The third-order valence-electron chi connectivity index (χ3n) is 1.75. The fourth-order valence-electron chi connectivity index (χ4n) is 0.377. The van der Waals surface area contributed by atoms with Crippen molar-refractivity contribution in [3.8, 4) is 0 Å². The van der Waals surface area contributed by atoms with Gasteiger partial charge in [-0.2, -0.15) is 0 Å². The standard InChI is InChI=1S/C7H15NO2/c1-5(2)7(3,4)10-6(8)9/h5H,1-4H3,(H2,8,9). The summed E-state index contributed by atoms with van der Waals surface area (Å²) in [5.74, 6) is 0.278. The van der Waals surface area contributed by atoms with E-state index in [2.05, 4.69) is 0 Å². The van der Waals surface area contributed by atoms with Crippen molar-refractivity contribution in [2.45, 2.75) is 33.3 Å². The summed E-state index contributed by atoms with van der Waals surface area (Å²) in [5, 5.41) is 0. The monoisotopic (exact) mass is 145 g/mol. The van der Waals surface area contributed by atoms with Gasteiger partial charge in [-0.15, -0.1) is 0 Å². The normalized spacial score (nSPS) is 11.7. The van der Waals surface area contributed by atoms with Crippen LogP contribution in [0.1, 0.15) is 27.7 Å². The minimum absolute atomic E-state index is 0.278. The average molecular weight is 145 g/mol. The highest BCUT2D eigenvalue weighted by Crippen LogP contribution is 2.19. The molecule has 0 aliphatic rings. The number of carbonyl (C=O) groups excluding carboxylic acids is 1. The number of carbonyl (C=O) groups is 1. The highest BCUT2D eigenvalue weighted by molar-refractivity contribution is 5.65. The molecular weight excluding hydrogens is 130 g/mol. The van der Waals surface area contributed by atoms with Gasteiger partial charge < -0.3 is 10.5 Å². The zero-order chi connectivity index (χ0) is 8.36. The lowest BCUT2D eigenvalue weighted by Gasteiger charge is -2.27. The van der Waals surface area contributed by atoms with Crippen molar-refractivity contribution in [3.05, 3.63) is 0 Å². The number of hydrogen-bond donors (Lipinski definition) is 1. The lowest BCUT2D eigenvalue weighted by Crippen LogP contribution is -2.35. The highest BCUT2D eigenvalue weighted by atomic mass is 16.6. The summed E-state index contributed by atoms with van der Waals surface area (Å²) in [7, 11) is 0. The van der Waals surface area contributed by atoms with Crippen LogP contribution in [0, 0.1) is 5.92 Å². The fourth-order valence-corrected chi connectivity index (χ4v) is 0.377. The van der Waals surface area contributed by atoms with E-state index in [-0.39, 0.29) is 5.92 Å². The first kappa shape index (κ1) is 9.27. The first-order valence-electron chi connectivity index (χ1n) is 3.34. The largest absolute Gasteiger partial charge is 0.443 e. The van der Waals surface area contributed by atoms with Crippen LogP contribution in [0.3, 0.4) is 0 Å². The van der Waals surface area contributed by atoms with E-state index in [1.807, 2.05) is 27.7 Å². The zero-order valence-electron chi connectivity index (χ0n) is 6.97. The number of primary amides is 1. The summed E-state index contributed by atoms with van der Waals surface area (Å²) < 4.78 is 4.84. The molecule has 0 radical (unpaired) electrons. The van der Waals surface area contributed by atoms with Gasteiger partial charge in [0.15, 0.2) is 0 Å². The van der Waals surface area contributed by atoms with Gasteiger partial charge in [0.2, 0.25) is 0 Å². The number of hydrogen-bond acceptors (Lipinski definition) is 2. The van der Waals surface area contributed by atoms with E-state index in [9.17, 15) is 4.79 Å². The molecule has 3 heteroatoms. The van der Waals surface area contributed by atoms with Crippen LogP contribution in [0.15, 0.2) is 0 Å². The van der Waals surface area contributed by atoms with Crippen LogP contribution in [-0.2, 0) is 4.74 Å². The molecule has 0 aromatic heterocycles. The second kappa shape index (κ2) is 2.90. The second-order valence-corrected chi connectivity index (χ2v) is 3.18. The lowest BCUT2D eigenvalue weighted by molar-refractivity contribution is 0.0106. The Bertz CT molecular complexity index is 130. The van der Waals surface area contributed by atoms with Gasteiger partial charge in [-0.1, -0.05) is 13.8 Å². The fraction of sp³-hybridized carbons (Fsp3) is 0.857. The Balaban J connectivity index is 3.99. The molecule has 1 amide bonds. The number of rotatable bonds is 2. The first-order valence-corrected chi connectivity index (χ1v) is 3.34. The predicted octanol–water partition coefficient (Wildman–Crippen LogP) is 1.52. The maximum Gasteiger partial charge on any atom is 0.405 e. The van der Waals surface area contributed by atoms with Crippen LogP contribution in [0.25, 0.3) is 0 Å². The Kier molecular flexibility index (Phi) is 2.69. The van der Waals surface area contributed by atoms with Crippen molar-refractivity contribution < 1.29 is 9.53 Å². The molecule has 0 saturated carbocycles. The van der Waals surface area contributed by atoms with E-state index >= 15 is 0 Å². The van der Waals surface area contributed by atoms with E-state index in [0.717, 1.165) is 0 Å². The van der Waals surface area contributed by atoms with Crippen molar-refractivity contribution >= 4 is 6.09 Å². The van der Waals surface area contributed by atoms with E-state index in [1.54, 1.807) is 0 Å². The van der Waals surface area contributed by atoms with Gasteiger partial charge in [0.05, 0.1) is 0 Å². The Hall–Kier alpha value is -0.730. The molecule has 60 valence electrons. The van der Waals surface area contributed by atoms with Gasteiger partial charge in [-0.3, -0.25) is 0 Å². The Morgan fingerprint density at radius 2 is 1.90 bits per heavy atom. The van der Waals surface area contributed by atoms with E-state index in [1.165, 1.54) is 0 Å². The minimum Gasteiger partial charge on any atom is -0.443 e. The number of amides is 1. The maximum atomic E-state index is 10.3. The molecule has 0 aromatic carbocycles. The quantitative estimate of drug-likeness (QED) is 0.640. The van der Waals surface area contributed by atoms with Crippen molar-refractivity contribution in [2.75, 3.05) is 0 Å². The second-order valence-electron chi connectivity index (χ2n) is 3.18. The first-order chi connectivity index (χ1) is 4.36. The Labute approximate surface area is 61.5 Å². The molecule has 0 saturated heterocycles. The van der Waals surface area contributed by atoms with Crippen molar-refractivity contribution in [1.29, 1.82) is 0 Å². The third kappa shape index (κ3) is 2.71. The van der Waals surface area contributed by atoms with Gasteiger partial charge in [0.25, 0.3) is 0 Å². The van der Waals surface area contributed by atoms with E-state index in [4.69, 9.17) is 10.5 Å². The van der Waals surface area contributed by atoms with Crippen LogP contribution in [0.2, 0.25) is 0 Å². The predicted molar refractivity (Wildman–Crippen MR) is 39.6 cm³/mol. The van der Waals surface area contributed by atoms with Crippen molar-refractivity contribution in [3.63, 3.8) is 0 Å². The molecule has 10 heavy (non-hydrogen) atoms. The summed E-state index contributed by atoms with van der Waals surface area (Å²) in [5.41, 5.74) is 4.40. The summed E-state index contributed by atoms with van der Waals surface area (Å²) in [6.07, 6.45) is -0.710. The van der Waals surface area contributed by atoms with Crippen LogP contribution in [-0.4, -0.2) is 11.7 Å². The topological polar surface area (TPSA) is 52.3 Å². The molecule has 0 rings (SSSR count). The van der Waals surface area contributed by atoms with Gasteiger partial charge >= 0.3 is 6.09 Å². The van der Waals surface area contributed by atoms with Gasteiger partial charge in [0.1, 0.15) is 5.60 Å². The smallest absolute Gasteiger partial charge is 0.405 e. The van der Waals surface area contributed by atoms with Crippen LogP contribution in [0.5, 0.6) is 0 Å². The van der Waals surface area contributed by atoms with Crippen LogP contribution in [0.4, 0.5) is 4.79 Å². The lowest BCUT2D eigenvalue weighted by atomic mass is 9.95. The molecule has 0 aliphatic heterocycles. The Morgan fingerprint density at radius 3 is 2.00 bits per heavy atom. The van der Waals surface area contributed by atoms with Crippen LogP contribution >= 0.6 is 0 Å². The van der Waals surface area contributed by atoms with Gasteiger partial charge in [-0.25, -0.2) is 4.79 Å². The summed E-state index contributed by atoms with van der Waals surface area (Å²) in [6, 6.07) is 0. The molecule has 0 unspecified atom stereocenters. The summed E-state index contributed by atoms with van der Waals surface area (Å²) in [6.45, 7) is 7.62. The van der Waals surface area contributed by atoms with Crippen LogP contribution < -0.4 is 5.73 Å². The molecule has 0 atom stereocenters. The molecule has 3 nitrogen and oxygen atoms in total. The van der Waals surface area contributed by atoms with Crippen molar-refractivity contribution in [2.24, 2.45) is 11.7 Å². The molecule has 0 spiro atoms. The molecule has 0 bridgehead atoms. The number of ether oxygens (including phenoxy) is 1. The number of nitrogens with two attached hydrogens (primary N) is 1. The van der Waals surface area contributed by atoms with Gasteiger partial charge in [-0.05, 0) is 19.8 Å². The molecule has 2 N–H and O–H groups in total. The highest BCUT2D eigenvalue weighted by Gasteiger charge is 2.25. The van der Waals surface area contributed by atoms with Crippen molar-refractivity contribution in [1.82, 2.24) is 0 Å². The average Bonchev–Trinajstić information content (AvgIpc) is 1.60. The van der Waals surface area contributed by atoms with E-state index < -0.39 is 11.7 Å². The maximum absolute atomic E-state index is 10.3. The Morgan fingerprint density at radius 1 is 1.50 bits per heavy atom. The molecule has 0 heterocycles. The summed E-state index contributed by atoms with van der Waals surface area (Å²) >= 11 is 0. The molecular formula is C7H15NO2. The molecule has 0 aliphatic carbocycles. The third-order valence-corrected chi connectivity index (χ3v) is 1.75. The minimum atomic E-state index is -0.710. The van der Waals surface area contributed by atoms with Gasteiger partial charge in [0, 0.05) is 0 Å². The molecule has 0 fully saturated rings. The molecule has 0 aromatic rings. The zero-order valence-corrected chi connectivity index (χ0v) is 6.97.